The predicted octanol–water partition coefficient (Wildman–Crippen LogP) is 2.78. The molecule has 0 aliphatic heterocycles. The lowest BCUT2D eigenvalue weighted by molar-refractivity contribution is -0.144. The molecule has 0 saturated heterocycles. The number of amides is 2. The summed E-state index contributed by atoms with van der Waals surface area (Å²) in [6.45, 7) is 1.88. The van der Waals surface area contributed by atoms with Crippen molar-refractivity contribution in [1.29, 1.82) is 5.41 Å². The molecule has 1 atom stereocenters. The predicted molar refractivity (Wildman–Crippen MR) is 114 cm³/mol. The molecule has 2 aromatic carbocycles. The highest BCUT2D eigenvalue weighted by atomic mass is 19.1. The zero-order valence-electron chi connectivity index (χ0n) is 17.4. The Morgan fingerprint density at radius 3 is 2.22 bits per heavy atom. The number of carbonyl (C=O) groups is 3. The van der Waals surface area contributed by atoms with Crippen LogP contribution in [-0.2, 0) is 19.1 Å². The number of rotatable bonds is 10. The molecule has 170 valence electrons. The molecule has 1 unspecified atom stereocenters. The van der Waals surface area contributed by atoms with Crippen LogP contribution < -0.4 is 16.4 Å². The molecule has 0 aliphatic carbocycles. The maximum absolute atomic E-state index is 14.0. The van der Waals surface area contributed by atoms with E-state index in [0.717, 1.165) is 12.1 Å². The standard InChI is InChI=1S/C22H24F2N4O4/c1-2-32-20(31)12-17(13-6-4-3-5-7-13)27-18(29)8-9-19(30)28-21-15(23)10-14(22(25)26)11-16(21)24/h3-7,10-11,17H,2,8-9,12H2,1H3,(H3,25,26)(H,27,29)(H,28,30). The Balaban J connectivity index is 1.97. The zero-order chi connectivity index (χ0) is 23.7. The van der Waals surface area contributed by atoms with E-state index in [2.05, 4.69) is 10.6 Å². The van der Waals surface area contributed by atoms with Gasteiger partial charge in [0.25, 0.3) is 0 Å². The van der Waals surface area contributed by atoms with Gasteiger partial charge in [-0.1, -0.05) is 30.3 Å². The highest BCUT2D eigenvalue weighted by molar-refractivity contribution is 5.97. The maximum atomic E-state index is 14.0. The first kappa shape index (κ1) is 24.4. The van der Waals surface area contributed by atoms with Gasteiger partial charge >= 0.3 is 5.97 Å². The fraction of sp³-hybridized carbons (Fsp3) is 0.273. The Morgan fingerprint density at radius 2 is 1.66 bits per heavy atom. The van der Waals surface area contributed by atoms with Crippen LogP contribution in [0, 0.1) is 17.0 Å². The van der Waals surface area contributed by atoms with E-state index in [-0.39, 0.29) is 31.4 Å². The normalized spacial score (nSPS) is 11.3. The molecule has 8 nitrogen and oxygen atoms in total. The lowest BCUT2D eigenvalue weighted by Crippen LogP contribution is -2.31. The maximum Gasteiger partial charge on any atom is 0.308 e. The number of nitrogens with two attached hydrogens (primary N) is 1. The molecule has 5 N–H and O–H groups in total. The fourth-order valence-corrected chi connectivity index (χ4v) is 2.87. The lowest BCUT2D eigenvalue weighted by atomic mass is 10.0. The van der Waals surface area contributed by atoms with Crippen LogP contribution in [0.4, 0.5) is 14.5 Å². The van der Waals surface area contributed by atoms with Gasteiger partial charge in [0, 0.05) is 18.4 Å². The van der Waals surface area contributed by atoms with Crippen molar-refractivity contribution < 1.29 is 27.9 Å². The number of benzene rings is 2. The molecule has 0 aromatic heterocycles. The van der Waals surface area contributed by atoms with Crippen molar-refractivity contribution >= 4 is 29.3 Å². The number of hydrogen-bond acceptors (Lipinski definition) is 5. The average molecular weight is 446 g/mol. The van der Waals surface area contributed by atoms with Crippen LogP contribution in [-0.4, -0.2) is 30.2 Å². The third-order valence-corrected chi connectivity index (χ3v) is 4.41. The second-order valence-corrected chi connectivity index (χ2v) is 6.82. The second kappa shape index (κ2) is 11.5. The molecule has 32 heavy (non-hydrogen) atoms. The first-order valence-electron chi connectivity index (χ1n) is 9.84. The largest absolute Gasteiger partial charge is 0.466 e. The lowest BCUT2D eigenvalue weighted by Gasteiger charge is -2.18. The summed E-state index contributed by atoms with van der Waals surface area (Å²) < 4.78 is 33.0. The first-order chi connectivity index (χ1) is 15.2. The number of nitrogen functional groups attached to an aromatic ring is 1. The van der Waals surface area contributed by atoms with Gasteiger partial charge in [-0.3, -0.25) is 19.8 Å². The van der Waals surface area contributed by atoms with Crippen molar-refractivity contribution in [3.8, 4) is 0 Å². The number of halogens is 2. The minimum atomic E-state index is -1.09. The van der Waals surface area contributed by atoms with Gasteiger partial charge in [-0.05, 0) is 24.6 Å². The summed E-state index contributed by atoms with van der Waals surface area (Å²) in [6, 6.07) is 9.79. The van der Waals surface area contributed by atoms with Crippen molar-refractivity contribution in [2.45, 2.75) is 32.2 Å². The van der Waals surface area contributed by atoms with E-state index in [4.69, 9.17) is 15.9 Å². The van der Waals surface area contributed by atoms with Crippen molar-refractivity contribution in [2.24, 2.45) is 5.73 Å². The summed E-state index contributed by atoms with van der Waals surface area (Å²) in [6.07, 6.45) is -0.707. The molecule has 0 fully saturated rings. The number of nitrogens with one attached hydrogen (secondary N) is 3. The van der Waals surface area contributed by atoms with E-state index >= 15 is 0 Å². The highest BCUT2D eigenvalue weighted by Gasteiger charge is 2.20. The Kier molecular flexibility index (Phi) is 8.82. The minimum absolute atomic E-state index is 0.0886. The van der Waals surface area contributed by atoms with Crippen LogP contribution in [0.1, 0.15) is 43.4 Å². The van der Waals surface area contributed by atoms with E-state index in [1.807, 2.05) is 0 Å². The SMILES string of the molecule is CCOC(=O)CC(NC(=O)CCC(=O)Nc1c(F)cc(C(=N)N)cc1F)c1ccccc1. The third kappa shape index (κ3) is 7.15. The number of ether oxygens (including phenoxy) is 1. The molecular formula is C22H24F2N4O4. The Morgan fingerprint density at radius 1 is 1.06 bits per heavy atom. The monoisotopic (exact) mass is 446 g/mol. The topological polar surface area (TPSA) is 134 Å². The summed E-state index contributed by atoms with van der Waals surface area (Å²) in [7, 11) is 0. The molecule has 0 saturated carbocycles. The van der Waals surface area contributed by atoms with Crippen LogP contribution in [0.15, 0.2) is 42.5 Å². The van der Waals surface area contributed by atoms with Crippen molar-refractivity contribution in [2.75, 3.05) is 11.9 Å². The second-order valence-electron chi connectivity index (χ2n) is 6.82. The number of hydrogen-bond donors (Lipinski definition) is 4. The van der Waals surface area contributed by atoms with Crippen LogP contribution in [0.2, 0.25) is 0 Å². The molecule has 10 heteroatoms. The first-order valence-corrected chi connectivity index (χ1v) is 9.84. The summed E-state index contributed by atoms with van der Waals surface area (Å²) in [5, 5.41) is 12.0. The molecule has 2 amide bonds. The molecule has 0 aliphatic rings. The van der Waals surface area contributed by atoms with Gasteiger partial charge in [-0.15, -0.1) is 0 Å². The molecular weight excluding hydrogens is 422 g/mol. The van der Waals surface area contributed by atoms with E-state index < -0.39 is 47.0 Å². The zero-order valence-corrected chi connectivity index (χ0v) is 17.4. The van der Waals surface area contributed by atoms with Gasteiger partial charge in [0.05, 0.1) is 19.1 Å². The molecule has 2 rings (SSSR count). The smallest absolute Gasteiger partial charge is 0.308 e. The van der Waals surface area contributed by atoms with E-state index in [0.29, 0.717) is 5.56 Å². The van der Waals surface area contributed by atoms with Crippen molar-refractivity contribution in [3.63, 3.8) is 0 Å². The Bertz CT molecular complexity index is 976. The summed E-state index contributed by atoms with van der Waals surface area (Å²) in [5.41, 5.74) is 5.04. The van der Waals surface area contributed by atoms with Crippen LogP contribution >= 0.6 is 0 Å². The third-order valence-electron chi connectivity index (χ3n) is 4.41. The number of carbonyl (C=O) groups excluding carboxylic acids is 3. The van der Waals surface area contributed by atoms with E-state index in [1.54, 1.807) is 37.3 Å². The van der Waals surface area contributed by atoms with Gasteiger partial charge in [0.2, 0.25) is 11.8 Å². The number of amidine groups is 1. The van der Waals surface area contributed by atoms with E-state index in [1.165, 1.54) is 0 Å². The molecule has 2 aromatic rings. The van der Waals surface area contributed by atoms with Crippen molar-refractivity contribution in [3.05, 3.63) is 65.2 Å². The molecule has 0 radical (unpaired) electrons. The number of esters is 1. The average Bonchev–Trinajstić information content (AvgIpc) is 2.75. The fourth-order valence-electron chi connectivity index (χ4n) is 2.87. The van der Waals surface area contributed by atoms with Gasteiger partial charge in [0.1, 0.15) is 23.2 Å². The van der Waals surface area contributed by atoms with Gasteiger partial charge < -0.3 is 21.1 Å². The van der Waals surface area contributed by atoms with Crippen LogP contribution in [0.25, 0.3) is 0 Å². The number of anilines is 1. The minimum Gasteiger partial charge on any atom is -0.466 e. The van der Waals surface area contributed by atoms with Crippen LogP contribution in [0.3, 0.4) is 0 Å². The Labute approximate surface area is 183 Å². The molecule has 0 heterocycles. The van der Waals surface area contributed by atoms with Gasteiger partial charge in [-0.25, -0.2) is 8.78 Å². The highest BCUT2D eigenvalue weighted by Crippen LogP contribution is 2.21. The van der Waals surface area contributed by atoms with Gasteiger partial charge in [0.15, 0.2) is 0 Å². The Hall–Kier alpha value is -3.82. The quantitative estimate of drug-likeness (QED) is 0.253. The summed E-state index contributed by atoms with van der Waals surface area (Å²) >= 11 is 0. The van der Waals surface area contributed by atoms with Crippen LogP contribution in [0.5, 0.6) is 0 Å². The molecule has 0 bridgehead atoms. The summed E-state index contributed by atoms with van der Waals surface area (Å²) in [4.78, 5) is 36.3. The summed E-state index contributed by atoms with van der Waals surface area (Å²) in [5.74, 6) is -4.49. The van der Waals surface area contributed by atoms with Gasteiger partial charge in [-0.2, -0.15) is 0 Å². The van der Waals surface area contributed by atoms with Crippen molar-refractivity contribution in [1.82, 2.24) is 5.32 Å². The van der Waals surface area contributed by atoms with E-state index in [9.17, 15) is 23.2 Å². The molecule has 0 spiro atoms.